The van der Waals surface area contributed by atoms with Gasteiger partial charge in [0.15, 0.2) is 0 Å². The van der Waals surface area contributed by atoms with E-state index in [1.165, 1.54) is 60.7 Å². The molecule has 0 bridgehead atoms. The summed E-state index contributed by atoms with van der Waals surface area (Å²) in [7, 11) is -9.11. The van der Waals surface area contributed by atoms with Gasteiger partial charge in [0.2, 0.25) is 0 Å². The third kappa shape index (κ3) is 4.94. The van der Waals surface area contributed by atoms with E-state index in [0.29, 0.717) is 0 Å². The Labute approximate surface area is 199 Å². The summed E-state index contributed by atoms with van der Waals surface area (Å²) in [4.78, 5) is -0.470. The van der Waals surface area contributed by atoms with Crippen LogP contribution in [0.1, 0.15) is 11.7 Å². The molecular formula is C26H22FNO4S2. The topological polar surface area (TPSA) is 71.5 Å². The van der Waals surface area contributed by atoms with Crippen LogP contribution in [-0.4, -0.2) is 27.1 Å². The van der Waals surface area contributed by atoms with E-state index in [1.807, 2.05) is 30.3 Å². The van der Waals surface area contributed by atoms with E-state index in [-0.39, 0.29) is 19.1 Å². The summed E-state index contributed by atoms with van der Waals surface area (Å²) in [6, 6.07) is 30.3. The summed E-state index contributed by atoms with van der Waals surface area (Å²) >= 11 is 0. The Morgan fingerprint density at radius 2 is 0.941 bits per heavy atom. The zero-order valence-electron chi connectivity index (χ0n) is 18.0. The number of alkyl halides is 1. The van der Waals surface area contributed by atoms with Gasteiger partial charge >= 0.3 is 0 Å². The summed E-state index contributed by atoms with van der Waals surface area (Å²) in [5.74, 6) is 0. The lowest BCUT2D eigenvalue weighted by atomic mass is 10.0. The Morgan fingerprint density at radius 1 is 0.559 bits per heavy atom. The predicted octanol–water partition coefficient (Wildman–Crippen LogP) is 5.44. The molecule has 0 heterocycles. The molecule has 4 rings (SSSR count). The molecule has 1 unspecified atom stereocenters. The Kier molecular flexibility index (Phi) is 6.92. The fourth-order valence-corrected chi connectivity index (χ4v) is 7.17. The second-order valence-corrected chi connectivity index (χ2v) is 11.5. The second-order valence-electron chi connectivity index (χ2n) is 7.55. The minimum Gasteiger partial charge on any atom is -0.241 e. The maximum Gasteiger partial charge on any atom is 0.256 e. The third-order valence-corrected chi connectivity index (χ3v) is 9.59. The lowest BCUT2D eigenvalue weighted by Crippen LogP contribution is -2.39. The highest BCUT2D eigenvalue weighted by atomic mass is 32.3. The van der Waals surface area contributed by atoms with Crippen molar-refractivity contribution in [3.8, 4) is 11.1 Å². The number of hydrogen-bond donors (Lipinski definition) is 0. The lowest BCUT2D eigenvalue weighted by Gasteiger charge is -2.24. The molecule has 34 heavy (non-hydrogen) atoms. The van der Waals surface area contributed by atoms with Gasteiger partial charge in [-0.25, -0.2) is 21.2 Å². The van der Waals surface area contributed by atoms with E-state index in [0.717, 1.165) is 11.1 Å². The number of hydrogen-bond acceptors (Lipinski definition) is 4. The Bertz CT molecular complexity index is 1370. The molecule has 5 nitrogen and oxygen atoms in total. The highest BCUT2D eigenvalue weighted by molar-refractivity contribution is 8.04. The molecule has 0 aromatic heterocycles. The third-order valence-electron chi connectivity index (χ3n) is 5.31. The van der Waals surface area contributed by atoms with Crippen molar-refractivity contribution in [2.24, 2.45) is 0 Å². The number of nitrogens with zero attached hydrogens (tertiary/aromatic N) is 1. The molecule has 0 saturated carbocycles. The Hall–Kier alpha value is -3.33. The van der Waals surface area contributed by atoms with Crippen LogP contribution < -0.4 is 0 Å². The summed E-state index contributed by atoms with van der Waals surface area (Å²) in [6.45, 7) is -0.890. The summed E-state index contributed by atoms with van der Waals surface area (Å²) < 4.78 is 69.0. The fraction of sp³-hybridized carbons (Fsp3) is 0.0769. The van der Waals surface area contributed by atoms with Gasteiger partial charge in [-0.05, 0) is 41.0 Å². The maximum atomic E-state index is 15.4. The van der Waals surface area contributed by atoms with Crippen molar-refractivity contribution in [2.75, 3.05) is 6.54 Å². The number of rotatable bonds is 8. The van der Waals surface area contributed by atoms with Gasteiger partial charge in [-0.15, -0.1) is 0 Å². The first-order valence-electron chi connectivity index (χ1n) is 10.5. The van der Waals surface area contributed by atoms with E-state index >= 15 is 4.39 Å². The molecule has 0 aliphatic carbocycles. The van der Waals surface area contributed by atoms with Gasteiger partial charge in [-0.3, -0.25) is 0 Å². The molecule has 0 spiro atoms. The molecule has 0 N–H and O–H groups in total. The molecule has 4 aromatic carbocycles. The molecular weight excluding hydrogens is 473 g/mol. The van der Waals surface area contributed by atoms with Gasteiger partial charge < -0.3 is 0 Å². The second kappa shape index (κ2) is 9.89. The smallest absolute Gasteiger partial charge is 0.241 e. The molecule has 174 valence electrons. The van der Waals surface area contributed by atoms with Crippen molar-refractivity contribution in [3.05, 3.63) is 121 Å². The van der Waals surface area contributed by atoms with Crippen LogP contribution in [0.25, 0.3) is 11.1 Å². The maximum absolute atomic E-state index is 15.4. The lowest BCUT2D eigenvalue weighted by molar-refractivity contribution is 0.308. The normalized spacial score (nSPS) is 13.0. The first-order valence-corrected chi connectivity index (χ1v) is 13.4. The first kappa shape index (κ1) is 23.8. The van der Waals surface area contributed by atoms with Gasteiger partial charge in [0.05, 0.1) is 16.3 Å². The average Bonchev–Trinajstić information content (AvgIpc) is 2.88. The minimum atomic E-state index is -4.56. The molecule has 0 fully saturated rings. The van der Waals surface area contributed by atoms with Crippen molar-refractivity contribution in [2.45, 2.75) is 16.0 Å². The van der Waals surface area contributed by atoms with Crippen LogP contribution in [0.3, 0.4) is 0 Å². The quantitative estimate of drug-likeness (QED) is 0.326. The zero-order chi connectivity index (χ0) is 24.2. The van der Waals surface area contributed by atoms with E-state index in [4.69, 9.17) is 0 Å². The highest BCUT2D eigenvalue weighted by Gasteiger charge is 2.38. The Balaban J connectivity index is 1.70. The van der Waals surface area contributed by atoms with Gasteiger partial charge in [0.1, 0.15) is 6.17 Å². The minimum absolute atomic E-state index is 0.177. The predicted molar refractivity (Wildman–Crippen MR) is 130 cm³/mol. The summed E-state index contributed by atoms with van der Waals surface area (Å²) in [6.07, 6.45) is -1.87. The van der Waals surface area contributed by atoms with Crippen LogP contribution in [0.5, 0.6) is 0 Å². The Morgan fingerprint density at radius 3 is 1.38 bits per heavy atom. The highest BCUT2D eigenvalue weighted by Crippen LogP contribution is 2.30. The summed E-state index contributed by atoms with van der Waals surface area (Å²) in [5.41, 5.74) is 1.99. The van der Waals surface area contributed by atoms with Crippen molar-refractivity contribution >= 4 is 20.0 Å². The average molecular weight is 496 g/mol. The van der Waals surface area contributed by atoms with Crippen LogP contribution in [0.2, 0.25) is 0 Å². The molecule has 4 aromatic rings. The molecule has 1 atom stereocenters. The summed E-state index contributed by atoms with van der Waals surface area (Å²) in [5, 5.41) is 0. The standard InChI is InChI=1S/C26H22FNO4S2/c27-26(23-18-16-22(17-19-23)21-10-4-1-5-11-21)20-28(33(29,30)24-12-6-2-7-13-24)34(31,32)25-14-8-3-9-15-25/h1-19,26H,20H2. The number of sulfonamides is 2. The van der Waals surface area contributed by atoms with E-state index in [1.54, 1.807) is 24.3 Å². The molecule has 0 aliphatic rings. The van der Waals surface area contributed by atoms with E-state index in [2.05, 4.69) is 0 Å². The zero-order valence-corrected chi connectivity index (χ0v) is 19.7. The number of halogens is 1. The van der Waals surface area contributed by atoms with Crippen molar-refractivity contribution < 1.29 is 21.2 Å². The fourth-order valence-electron chi connectivity index (χ4n) is 3.50. The van der Waals surface area contributed by atoms with Crippen molar-refractivity contribution in [1.82, 2.24) is 3.71 Å². The van der Waals surface area contributed by atoms with Crippen LogP contribution in [0, 0.1) is 0 Å². The van der Waals surface area contributed by atoms with Gasteiger partial charge in [-0.2, -0.15) is 0 Å². The largest absolute Gasteiger partial charge is 0.256 e. The van der Waals surface area contributed by atoms with Gasteiger partial charge in [-0.1, -0.05) is 94.7 Å². The molecule has 0 radical (unpaired) electrons. The van der Waals surface area contributed by atoms with Crippen LogP contribution in [0.15, 0.2) is 125 Å². The van der Waals surface area contributed by atoms with Gasteiger partial charge in [0, 0.05) is 0 Å². The van der Waals surface area contributed by atoms with Gasteiger partial charge in [0.25, 0.3) is 20.0 Å². The van der Waals surface area contributed by atoms with Crippen LogP contribution in [-0.2, 0) is 20.0 Å². The monoisotopic (exact) mass is 495 g/mol. The molecule has 0 saturated heterocycles. The molecule has 0 amide bonds. The molecule has 8 heteroatoms. The van der Waals surface area contributed by atoms with Crippen LogP contribution in [0.4, 0.5) is 4.39 Å². The first-order chi connectivity index (χ1) is 16.3. The SMILES string of the molecule is O=S(=O)(c1ccccc1)N(CC(F)c1ccc(-c2ccccc2)cc1)S(=O)(=O)c1ccccc1. The van der Waals surface area contributed by atoms with Crippen molar-refractivity contribution in [3.63, 3.8) is 0 Å². The molecule has 0 aliphatic heterocycles. The van der Waals surface area contributed by atoms with Crippen LogP contribution >= 0.6 is 0 Å². The van der Waals surface area contributed by atoms with E-state index in [9.17, 15) is 16.8 Å². The van der Waals surface area contributed by atoms with Crippen molar-refractivity contribution in [1.29, 1.82) is 0 Å². The number of benzene rings is 4. The van der Waals surface area contributed by atoms with E-state index < -0.39 is 32.8 Å².